The minimum atomic E-state index is -2.33. The normalized spacial score (nSPS) is 45.5. The van der Waals surface area contributed by atoms with Crippen molar-refractivity contribution in [3.05, 3.63) is 85.1 Å². The summed E-state index contributed by atoms with van der Waals surface area (Å²) in [6, 6.07) is -1.15. The lowest BCUT2D eigenvalue weighted by Crippen LogP contribution is -2.61. The number of esters is 1. The summed E-state index contributed by atoms with van der Waals surface area (Å²) in [5.41, 5.74) is 6.02. The Morgan fingerprint density at radius 3 is 1.82 bits per heavy atom. The third kappa shape index (κ3) is 18.6. The van der Waals surface area contributed by atoms with Crippen LogP contribution in [0.5, 0.6) is 0 Å². The smallest absolute Gasteiger partial charge is 0.311 e. The van der Waals surface area contributed by atoms with Crippen LogP contribution in [-0.2, 0) is 28.5 Å². The highest BCUT2D eigenvalue weighted by Crippen LogP contribution is 2.38. The van der Waals surface area contributed by atoms with Crippen molar-refractivity contribution in [3.8, 4) is 0 Å². The topological polar surface area (TPSA) is 320 Å². The first-order chi connectivity index (χ1) is 30.6. The number of nitrogens with two attached hydrogens (primary N) is 1. The predicted molar refractivity (Wildman–Crippen MR) is 237 cm³/mol. The van der Waals surface area contributed by atoms with Crippen LogP contribution in [0.3, 0.4) is 0 Å². The zero-order valence-corrected chi connectivity index (χ0v) is 37.6. The van der Waals surface area contributed by atoms with Gasteiger partial charge in [-0.2, -0.15) is 0 Å². The summed E-state index contributed by atoms with van der Waals surface area (Å²) in [7, 11) is 0. The molecule has 0 spiro atoms. The van der Waals surface area contributed by atoms with E-state index in [0.717, 1.165) is 0 Å². The fourth-order valence-electron chi connectivity index (χ4n) is 7.97. The number of aliphatic hydroxyl groups is 10. The number of cyclic esters (lactones) is 1. The van der Waals surface area contributed by atoms with E-state index in [1.54, 1.807) is 80.7 Å². The second kappa shape index (κ2) is 27.4. The Kier molecular flexibility index (Phi) is 23.6. The van der Waals surface area contributed by atoms with Gasteiger partial charge in [-0.05, 0) is 33.1 Å². The summed E-state index contributed by atoms with van der Waals surface area (Å²) in [6.07, 6.45) is 3.46. The second-order valence-electron chi connectivity index (χ2n) is 17.6. The first-order valence-electron chi connectivity index (χ1n) is 22.3. The van der Waals surface area contributed by atoms with Crippen LogP contribution in [0.2, 0.25) is 0 Å². The first kappa shape index (κ1) is 55.9. The van der Waals surface area contributed by atoms with E-state index in [2.05, 4.69) is 0 Å². The molecule has 3 aliphatic rings. The zero-order chi connectivity index (χ0) is 48.4. The van der Waals surface area contributed by atoms with Crippen molar-refractivity contribution in [2.45, 2.75) is 177 Å². The number of carboxylic acid groups (broad SMARTS) is 1. The number of hydrogen-bond donors (Lipinski definition) is 12. The molecule has 3 aliphatic heterocycles. The molecule has 19 atom stereocenters. The number of ether oxygens (including phenoxy) is 4. The molecule has 2 fully saturated rings. The van der Waals surface area contributed by atoms with Crippen molar-refractivity contribution >= 4 is 11.9 Å². The van der Waals surface area contributed by atoms with Gasteiger partial charge in [-0.3, -0.25) is 9.59 Å². The number of carbonyl (C=O) groups excluding carboxylic acids is 1. The zero-order valence-electron chi connectivity index (χ0n) is 37.6. The largest absolute Gasteiger partial charge is 0.481 e. The molecule has 2 saturated heterocycles. The molecule has 2 bridgehead atoms. The van der Waals surface area contributed by atoms with Gasteiger partial charge in [-0.1, -0.05) is 98.9 Å². The van der Waals surface area contributed by atoms with E-state index in [0.29, 0.717) is 0 Å². The van der Waals surface area contributed by atoms with E-state index < -0.39 is 147 Å². The van der Waals surface area contributed by atoms with Crippen LogP contribution >= 0.6 is 0 Å². The Labute approximate surface area is 381 Å². The monoisotopic (exact) mass is 923 g/mol. The molecule has 0 aromatic carbocycles. The summed E-state index contributed by atoms with van der Waals surface area (Å²) in [5.74, 6) is -6.83. The Balaban J connectivity index is 1.86. The Hall–Kier alpha value is -3.44. The summed E-state index contributed by atoms with van der Waals surface area (Å²) in [5, 5.41) is 118. The number of carboxylic acids is 1. The van der Waals surface area contributed by atoms with E-state index in [4.69, 9.17) is 24.7 Å². The van der Waals surface area contributed by atoms with Gasteiger partial charge in [0, 0.05) is 37.5 Å². The standard InChI is InChI=1S/C47H73NO17/c1-27-17-15-13-11-9-7-5-6-8-10-12-14-16-18-34(64-46-44(58)41(48)43(57)30(4)63-46)24-38-40(45(59)60)37(54)26-47(61,65-38)25-33(51)22-36(53)35(52)20-19-31(49)21-32(50)23-39(55)62-29(3)28(2)42(27)56/h5-18,27-38,40-44,46,49-54,56-58,61H,19-26,48H2,1-4H3,(H,59,60)/b6-5+,9-7+,10-8+,13-11+,14-12+,17-15+,18-16+/t27-,28-,29-,30+,31+,32?,33?,34-,35+,36+,37-,38-,40+,41-,42+,43+,44-,46?,47+/m0/s1. The van der Waals surface area contributed by atoms with Gasteiger partial charge >= 0.3 is 11.9 Å². The molecule has 3 unspecified atom stereocenters. The lowest BCUT2D eigenvalue weighted by atomic mass is 9.82. The maximum Gasteiger partial charge on any atom is 0.311 e. The number of aliphatic carboxylic acids is 1. The van der Waals surface area contributed by atoms with Crippen molar-refractivity contribution in [2.75, 3.05) is 0 Å². The Morgan fingerprint density at radius 1 is 0.662 bits per heavy atom. The minimum Gasteiger partial charge on any atom is -0.481 e. The summed E-state index contributed by atoms with van der Waals surface area (Å²) >= 11 is 0. The number of carbonyl (C=O) groups is 2. The molecule has 18 heteroatoms. The third-order valence-corrected chi connectivity index (χ3v) is 12.0. The van der Waals surface area contributed by atoms with E-state index in [9.17, 15) is 65.8 Å². The SMILES string of the molecule is C[C@@H]1[C@H](O)[C@@H](C)/C=C/C=C/C=C/C=C/C=C/C=C/C=C/[C@H](OC2O[C@H](C)[C@@H](O)[C@H](N)[C@@H]2O)C[C@@H]2O[C@](O)(CC(O)C[C@@H](O)[C@H](O)CC[C@@H](O)CC(O)CC(=O)O[C@H]1C)C[C@H](O)[C@H]2C(=O)O. The van der Waals surface area contributed by atoms with Gasteiger partial charge in [0.15, 0.2) is 12.1 Å². The highest BCUT2D eigenvalue weighted by atomic mass is 16.7. The van der Waals surface area contributed by atoms with E-state index >= 15 is 0 Å². The quantitative estimate of drug-likeness (QED) is 0.174. The van der Waals surface area contributed by atoms with Crippen LogP contribution in [0.25, 0.3) is 0 Å². The molecule has 0 radical (unpaired) electrons. The van der Waals surface area contributed by atoms with Crippen LogP contribution in [0.15, 0.2) is 85.1 Å². The number of fused-ring (bicyclic) bond motifs is 2. The molecular weight excluding hydrogens is 851 g/mol. The van der Waals surface area contributed by atoms with Gasteiger partial charge in [-0.25, -0.2) is 0 Å². The van der Waals surface area contributed by atoms with Gasteiger partial charge in [0.1, 0.15) is 18.1 Å². The predicted octanol–water partition coefficient (Wildman–Crippen LogP) is 0.712. The number of aliphatic hydroxyl groups excluding tert-OH is 9. The van der Waals surface area contributed by atoms with Gasteiger partial charge in [0.25, 0.3) is 0 Å². The molecule has 3 heterocycles. The average molecular weight is 924 g/mol. The van der Waals surface area contributed by atoms with Crippen LogP contribution < -0.4 is 5.73 Å². The van der Waals surface area contributed by atoms with Gasteiger partial charge < -0.3 is 80.9 Å². The highest BCUT2D eigenvalue weighted by Gasteiger charge is 2.51. The van der Waals surface area contributed by atoms with Crippen molar-refractivity contribution in [3.63, 3.8) is 0 Å². The lowest BCUT2D eigenvalue weighted by molar-refractivity contribution is -0.308. The van der Waals surface area contributed by atoms with Crippen molar-refractivity contribution in [2.24, 2.45) is 23.5 Å². The van der Waals surface area contributed by atoms with Crippen LogP contribution in [0.4, 0.5) is 0 Å². The highest BCUT2D eigenvalue weighted by molar-refractivity contribution is 5.71. The maximum atomic E-state index is 12.6. The molecule has 0 aromatic heterocycles. The Bertz CT molecular complexity index is 1670. The van der Waals surface area contributed by atoms with Crippen molar-refractivity contribution in [1.82, 2.24) is 0 Å². The summed E-state index contributed by atoms with van der Waals surface area (Å²) in [6.45, 7) is 6.74. The van der Waals surface area contributed by atoms with E-state index in [1.165, 1.54) is 13.0 Å². The fourth-order valence-corrected chi connectivity index (χ4v) is 7.97. The van der Waals surface area contributed by atoms with Gasteiger partial charge in [-0.15, -0.1) is 0 Å². The number of hydrogen-bond acceptors (Lipinski definition) is 17. The molecule has 0 aromatic rings. The average Bonchev–Trinajstić information content (AvgIpc) is 3.21. The summed E-state index contributed by atoms with van der Waals surface area (Å²) < 4.78 is 23.1. The fraction of sp³-hybridized carbons (Fsp3) is 0.660. The first-order valence-corrected chi connectivity index (χ1v) is 22.3. The number of allylic oxidation sites excluding steroid dienone is 12. The number of rotatable bonds is 3. The van der Waals surface area contributed by atoms with E-state index in [1.807, 2.05) is 19.1 Å². The molecule has 18 nitrogen and oxygen atoms in total. The summed E-state index contributed by atoms with van der Waals surface area (Å²) in [4.78, 5) is 25.1. The molecule has 368 valence electrons. The van der Waals surface area contributed by atoms with Crippen LogP contribution in [0, 0.1) is 17.8 Å². The molecular formula is C47H73NO17. The lowest BCUT2D eigenvalue weighted by Gasteiger charge is -2.45. The molecule has 13 N–H and O–H groups in total. The van der Waals surface area contributed by atoms with Gasteiger partial charge in [0.05, 0.1) is 79.6 Å². The van der Waals surface area contributed by atoms with E-state index in [-0.39, 0.29) is 31.6 Å². The molecule has 3 rings (SSSR count). The second-order valence-corrected chi connectivity index (χ2v) is 17.6. The minimum absolute atomic E-state index is 0.107. The molecule has 0 aliphatic carbocycles. The van der Waals surface area contributed by atoms with Crippen LogP contribution in [-0.4, -0.2) is 166 Å². The maximum absolute atomic E-state index is 12.6. The third-order valence-electron chi connectivity index (χ3n) is 12.0. The Morgan fingerprint density at radius 2 is 1.23 bits per heavy atom. The van der Waals surface area contributed by atoms with Crippen molar-refractivity contribution < 1.29 is 84.7 Å². The molecule has 0 amide bonds. The van der Waals surface area contributed by atoms with Crippen LogP contribution in [0.1, 0.15) is 79.1 Å². The van der Waals surface area contributed by atoms with Gasteiger partial charge in [0.2, 0.25) is 0 Å². The van der Waals surface area contributed by atoms with Crippen molar-refractivity contribution in [1.29, 1.82) is 0 Å². The molecule has 0 saturated carbocycles. The molecule has 65 heavy (non-hydrogen) atoms.